The van der Waals surface area contributed by atoms with Gasteiger partial charge in [-0.25, -0.2) is 15.0 Å². The summed E-state index contributed by atoms with van der Waals surface area (Å²) in [7, 11) is 0. The molecule has 10 aromatic rings. The van der Waals surface area contributed by atoms with Gasteiger partial charge in [0.15, 0.2) is 17.5 Å². The van der Waals surface area contributed by atoms with E-state index in [2.05, 4.69) is 77.4 Å². The molecule has 6 heteroatoms. The molecule has 50 heavy (non-hydrogen) atoms. The third-order valence-corrected chi connectivity index (χ3v) is 9.32. The Morgan fingerprint density at radius 1 is 0.400 bits per heavy atom. The van der Waals surface area contributed by atoms with Crippen molar-refractivity contribution >= 4 is 43.7 Å². The van der Waals surface area contributed by atoms with Crippen LogP contribution in [0.15, 0.2) is 168 Å². The predicted molar refractivity (Wildman–Crippen MR) is 201 cm³/mol. The highest BCUT2D eigenvalue weighted by Gasteiger charge is 2.17. The molecule has 0 aliphatic heterocycles. The van der Waals surface area contributed by atoms with E-state index in [0.717, 1.165) is 60.9 Å². The molecule has 0 radical (unpaired) electrons. The van der Waals surface area contributed by atoms with Crippen LogP contribution in [-0.4, -0.2) is 24.5 Å². The summed E-state index contributed by atoms with van der Waals surface area (Å²) in [5.41, 5.74) is 9.67. The summed E-state index contributed by atoms with van der Waals surface area (Å²) in [4.78, 5) is 19.5. The Balaban J connectivity index is 1.09. The molecule has 4 aromatic heterocycles. The quantitative estimate of drug-likeness (QED) is 0.187. The van der Waals surface area contributed by atoms with Crippen molar-refractivity contribution < 1.29 is 4.42 Å². The minimum Gasteiger partial charge on any atom is -0.456 e. The zero-order valence-corrected chi connectivity index (χ0v) is 26.7. The van der Waals surface area contributed by atoms with Gasteiger partial charge in [-0.15, -0.1) is 0 Å². The molecule has 0 unspecified atom stereocenters. The molecule has 0 spiro atoms. The second kappa shape index (κ2) is 11.4. The molecular weight excluding hydrogens is 615 g/mol. The summed E-state index contributed by atoms with van der Waals surface area (Å²) in [6, 6.07) is 53.9. The fraction of sp³-hybridized carbons (Fsp3) is 0. The fourth-order valence-electron chi connectivity index (χ4n) is 6.91. The number of para-hydroxylation sites is 2. The first kappa shape index (κ1) is 28.1. The van der Waals surface area contributed by atoms with Crippen molar-refractivity contribution in [3.8, 4) is 51.1 Å². The maximum absolute atomic E-state index is 6.23. The van der Waals surface area contributed by atoms with Gasteiger partial charge in [0.05, 0.1) is 22.9 Å². The molecule has 0 amide bonds. The zero-order valence-electron chi connectivity index (χ0n) is 26.7. The monoisotopic (exact) mass is 641 g/mol. The van der Waals surface area contributed by atoms with Crippen molar-refractivity contribution in [1.82, 2.24) is 24.5 Å². The summed E-state index contributed by atoms with van der Waals surface area (Å²) >= 11 is 0. The van der Waals surface area contributed by atoms with E-state index in [0.29, 0.717) is 23.2 Å². The number of nitrogens with zero attached hydrogens (tertiary/aromatic N) is 5. The van der Waals surface area contributed by atoms with Crippen LogP contribution in [0.5, 0.6) is 0 Å². The van der Waals surface area contributed by atoms with Gasteiger partial charge >= 0.3 is 0 Å². The van der Waals surface area contributed by atoms with Crippen LogP contribution in [-0.2, 0) is 0 Å². The minimum atomic E-state index is 0.523. The maximum atomic E-state index is 6.23. The molecule has 0 saturated heterocycles. The lowest BCUT2D eigenvalue weighted by Crippen LogP contribution is -2.02. The van der Waals surface area contributed by atoms with Gasteiger partial charge in [0.2, 0.25) is 0 Å². The molecule has 4 heterocycles. The van der Waals surface area contributed by atoms with E-state index in [9.17, 15) is 0 Å². The summed E-state index contributed by atoms with van der Waals surface area (Å²) in [5, 5.41) is 4.61. The Kier molecular flexibility index (Phi) is 6.39. The molecule has 0 atom stereocenters. The lowest BCUT2D eigenvalue weighted by molar-refractivity contribution is 0.669. The largest absolute Gasteiger partial charge is 0.456 e. The van der Waals surface area contributed by atoms with Gasteiger partial charge in [-0.05, 0) is 53.6 Å². The highest BCUT2D eigenvalue weighted by Crippen LogP contribution is 2.37. The van der Waals surface area contributed by atoms with Crippen LogP contribution in [0, 0.1) is 0 Å². The van der Waals surface area contributed by atoms with Crippen molar-refractivity contribution in [3.05, 3.63) is 164 Å². The number of pyridine rings is 1. The molecule has 0 saturated carbocycles. The first-order valence-electron chi connectivity index (χ1n) is 16.6. The Labute approximate surface area is 287 Å². The van der Waals surface area contributed by atoms with Gasteiger partial charge in [-0.1, -0.05) is 115 Å². The maximum Gasteiger partial charge on any atom is 0.182 e. The van der Waals surface area contributed by atoms with Crippen LogP contribution in [0.25, 0.3) is 94.9 Å². The predicted octanol–water partition coefficient (Wildman–Crippen LogP) is 10.9. The Bertz CT molecular complexity index is 2800. The van der Waals surface area contributed by atoms with Gasteiger partial charge in [0.25, 0.3) is 0 Å². The third kappa shape index (κ3) is 4.65. The fourth-order valence-corrected chi connectivity index (χ4v) is 6.91. The van der Waals surface area contributed by atoms with Gasteiger partial charge in [0, 0.05) is 32.7 Å². The number of furan rings is 1. The van der Waals surface area contributed by atoms with E-state index >= 15 is 0 Å². The van der Waals surface area contributed by atoms with Gasteiger partial charge in [-0.2, -0.15) is 0 Å². The molecule has 234 valence electrons. The van der Waals surface area contributed by atoms with Crippen molar-refractivity contribution in [2.75, 3.05) is 0 Å². The summed E-state index contributed by atoms with van der Waals surface area (Å²) < 4.78 is 8.51. The van der Waals surface area contributed by atoms with Crippen LogP contribution in [0.4, 0.5) is 0 Å². The second-order valence-corrected chi connectivity index (χ2v) is 12.3. The first-order valence-corrected chi connectivity index (χ1v) is 16.6. The van der Waals surface area contributed by atoms with E-state index in [1.807, 2.05) is 91.1 Å². The van der Waals surface area contributed by atoms with Gasteiger partial charge < -0.3 is 8.98 Å². The Morgan fingerprint density at radius 2 is 0.980 bits per heavy atom. The summed E-state index contributed by atoms with van der Waals surface area (Å²) in [6.45, 7) is 0. The highest BCUT2D eigenvalue weighted by atomic mass is 16.3. The topological polar surface area (TPSA) is 69.6 Å². The standard InChI is InChI=1S/C44H27N5O/c1-3-11-28(12-4-1)42-46-43(29-13-5-2-6-14-29)48-44(47-42)37-24-21-32(27-45-37)49-38-17-9-7-15-33(38)34-22-19-30(25-39(34)49)31-20-23-36-35-16-8-10-18-40(35)50-41(36)26-31/h1-27H. The second-order valence-electron chi connectivity index (χ2n) is 12.3. The van der Waals surface area contributed by atoms with Crippen LogP contribution in [0.2, 0.25) is 0 Å². The molecule has 0 aliphatic carbocycles. The normalized spacial score (nSPS) is 11.6. The zero-order chi connectivity index (χ0) is 33.0. The molecule has 0 aliphatic rings. The number of hydrogen-bond donors (Lipinski definition) is 0. The lowest BCUT2D eigenvalue weighted by atomic mass is 10.0. The van der Waals surface area contributed by atoms with Crippen LogP contribution < -0.4 is 0 Å². The summed E-state index contributed by atoms with van der Waals surface area (Å²) in [5.74, 6) is 1.74. The Morgan fingerprint density at radius 3 is 1.70 bits per heavy atom. The van der Waals surface area contributed by atoms with Crippen molar-refractivity contribution in [2.24, 2.45) is 0 Å². The van der Waals surface area contributed by atoms with E-state index in [-0.39, 0.29) is 0 Å². The number of aromatic nitrogens is 5. The molecule has 0 bridgehead atoms. The van der Waals surface area contributed by atoms with Gasteiger partial charge in [-0.3, -0.25) is 4.98 Å². The lowest BCUT2D eigenvalue weighted by Gasteiger charge is -2.11. The van der Waals surface area contributed by atoms with Crippen LogP contribution in [0.1, 0.15) is 0 Å². The third-order valence-electron chi connectivity index (χ3n) is 9.32. The summed E-state index contributed by atoms with van der Waals surface area (Å²) in [6.07, 6.45) is 1.91. The number of benzene rings is 6. The first-order chi connectivity index (χ1) is 24.8. The molecule has 6 aromatic carbocycles. The number of hydrogen-bond acceptors (Lipinski definition) is 5. The van der Waals surface area contributed by atoms with Crippen LogP contribution in [0.3, 0.4) is 0 Å². The Hall–Kier alpha value is -6.92. The molecule has 6 nitrogen and oxygen atoms in total. The molecular formula is C44H27N5O. The smallest absolute Gasteiger partial charge is 0.182 e. The SMILES string of the molecule is c1ccc(-c2nc(-c3ccccc3)nc(-c3ccc(-n4c5ccccc5c5ccc(-c6ccc7c(c6)oc6ccccc67)cc54)cn3)n2)cc1. The number of rotatable bonds is 5. The molecule has 0 N–H and O–H groups in total. The molecule has 10 rings (SSSR count). The van der Waals surface area contributed by atoms with E-state index in [1.54, 1.807) is 0 Å². The van der Waals surface area contributed by atoms with E-state index in [1.165, 1.54) is 10.8 Å². The minimum absolute atomic E-state index is 0.523. The van der Waals surface area contributed by atoms with Crippen molar-refractivity contribution in [2.45, 2.75) is 0 Å². The van der Waals surface area contributed by atoms with Crippen molar-refractivity contribution in [3.63, 3.8) is 0 Å². The molecule has 0 fully saturated rings. The average molecular weight is 642 g/mol. The van der Waals surface area contributed by atoms with E-state index < -0.39 is 0 Å². The van der Waals surface area contributed by atoms with Gasteiger partial charge in [0.1, 0.15) is 16.9 Å². The average Bonchev–Trinajstić information content (AvgIpc) is 3.73. The highest BCUT2D eigenvalue weighted by molar-refractivity contribution is 6.11. The number of fused-ring (bicyclic) bond motifs is 6. The van der Waals surface area contributed by atoms with E-state index in [4.69, 9.17) is 24.4 Å². The van der Waals surface area contributed by atoms with Crippen LogP contribution >= 0.6 is 0 Å². The van der Waals surface area contributed by atoms with Crippen molar-refractivity contribution in [1.29, 1.82) is 0 Å².